The van der Waals surface area contributed by atoms with Gasteiger partial charge in [-0.15, -0.1) is 0 Å². The minimum absolute atomic E-state index is 0.0190. The quantitative estimate of drug-likeness (QED) is 0.151. The van der Waals surface area contributed by atoms with E-state index >= 15 is 0 Å². The van der Waals surface area contributed by atoms with Crippen LogP contribution in [0, 0.1) is 0 Å². The fourth-order valence-electron chi connectivity index (χ4n) is 4.39. The number of hydrogen-bond donors (Lipinski definition) is 3. The Morgan fingerprint density at radius 2 is 1.79 bits per heavy atom. The summed E-state index contributed by atoms with van der Waals surface area (Å²) in [6.45, 7) is 3.76. The fraction of sp³-hybridized carbons (Fsp3) is 0.226. The summed E-state index contributed by atoms with van der Waals surface area (Å²) in [7, 11) is 1.84. The van der Waals surface area contributed by atoms with Gasteiger partial charge in [-0.3, -0.25) is 29.9 Å². The third-order valence-corrected chi connectivity index (χ3v) is 6.43. The number of ether oxygens (including phenoxy) is 1. The number of rotatable bonds is 10. The minimum atomic E-state index is -0.680. The summed E-state index contributed by atoms with van der Waals surface area (Å²) in [4.78, 5) is 53.6. The molecule has 11 nitrogen and oxygen atoms in total. The Bertz CT molecular complexity index is 1640. The molecule has 0 aliphatic rings. The van der Waals surface area contributed by atoms with Crippen LogP contribution >= 0.6 is 0 Å². The molecule has 3 N–H and O–H groups in total. The number of aryl methyl sites for hydroxylation is 2. The van der Waals surface area contributed by atoms with Crippen LogP contribution in [0.15, 0.2) is 79.1 Å². The molecule has 2 aromatic heterocycles. The van der Waals surface area contributed by atoms with Crippen LogP contribution in [0.1, 0.15) is 47.8 Å². The maximum Gasteiger partial charge on any atom is 0.330 e. The first-order valence-corrected chi connectivity index (χ1v) is 13.5. The van der Waals surface area contributed by atoms with Crippen LogP contribution in [0.25, 0.3) is 22.2 Å². The van der Waals surface area contributed by atoms with E-state index in [4.69, 9.17) is 9.72 Å². The summed E-state index contributed by atoms with van der Waals surface area (Å²) in [5.74, 6) is -2.07. The molecule has 0 saturated carbocycles. The largest absolute Gasteiger partial charge is 0.463 e. The van der Waals surface area contributed by atoms with E-state index in [2.05, 4.69) is 21.3 Å². The highest BCUT2D eigenvalue weighted by molar-refractivity contribution is 5.97. The molecule has 0 unspecified atom stereocenters. The Hall–Kier alpha value is -5.32. The van der Waals surface area contributed by atoms with Crippen molar-refractivity contribution in [1.29, 1.82) is 0 Å². The van der Waals surface area contributed by atoms with Gasteiger partial charge in [0.1, 0.15) is 0 Å². The summed E-state index contributed by atoms with van der Waals surface area (Å²) >= 11 is 0. The molecule has 0 spiro atoms. The molecule has 11 heteroatoms. The van der Waals surface area contributed by atoms with Gasteiger partial charge < -0.3 is 10.1 Å². The number of hydrogen-bond acceptors (Lipinski definition) is 7. The second-order valence-corrected chi connectivity index (χ2v) is 9.49. The molecule has 0 radical (unpaired) electrons. The molecule has 3 amide bonds. The molecular formula is C31H32N6O5. The van der Waals surface area contributed by atoms with Crippen LogP contribution in [0.3, 0.4) is 0 Å². The molecule has 0 fully saturated rings. The van der Waals surface area contributed by atoms with E-state index in [9.17, 15) is 19.2 Å². The lowest BCUT2D eigenvalue weighted by Gasteiger charge is -2.19. The number of fused-ring (bicyclic) bond motifs is 1. The zero-order valence-electron chi connectivity index (χ0n) is 23.6. The normalized spacial score (nSPS) is 11.7. The first kappa shape index (κ1) is 29.7. The van der Waals surface area contributed by atoms with Crippen molar-refractivity contribution < 1.29 is 23.9 Å². The summed E-state index contributed by atoms with van der Waals surface area (Å²) in [5.41, 5.74) is 8.99. The van der Waals surface area contributed by atoms with Crippen LogP contribution in [-0.2, 0) is 32.6 Å². The maximum absolute atomic E-state index is 13.4. The first-order chi connectivity index (χ1) is 20.2. The minimum Gasteiger partial charge on any atom is -0.463 e. The standard InChI is InChI=1S/C31H32N6O5/c1-4-42-30(40)16-15-29(39)36-35-28(38)14-13-21-9-5-6-10-23(21)31(41)33-20(2)25-17-27(22-18-32-37(3)19-22)34-26-12-8-7-11-24(25)26/h5-12,15-20H,4,13-14H2,1-3H3,(H,33,41)(H,35,38)(H,36,39)/b16-15+/t20-/m1/s1. The number of amides is 3. The first-order valence-electron chi connectivity index (χ1n) is 13.5. The van der Waals surface area contributed by atoms with Crippen molar-refractivity contribution in [2.24, 2.45) is 7.05 Å². The molecule has 0 aliphatic carbocycles. The van der Waals surface area contributed by atoms with Crippen molar-refractivity contribution in [2.75, 3.05) is 6.61 Å². The molecule has 4 rings (SSSR count). The smallest absolute Gasteiger partial charge is 0.330 e. The number of nitrogens with zero attached hydrogens (tertiary/aromatic N) is 3. The van der Waals surface area contributed by atoms with Gasteiger partial charge in [0.25, 0.3) is 11.8 Å². The van der Waals surface area contributed by atoms with Gasteiger partial charge in [0.05, 0.1) is 30.1 Å². The van der Waals surface area contributed by atoms with Crippen molar-refractivity contribution in [3.63, 3.8) is 0 Å². The predicted molar refractivity (Wildman–Crippen MR) is 157 cm³/mol. The van der Waals surface area contributed by atoms with Gasteiger partial charge in [-0.05, 0) is 49.6 Å². The van der Waals surface area contributed by atoms with E-state index in [1.165, 1.54) is 0 Å². The summed E-state index contributed by atoms with van der Waals surface area (Å²) < 4.78 is 6.41. The second-order valence-electron chi connectivity index (χ2n) is 9.49. The van der Waals surface area contributed by atoms with E-state index < -0.39 is 17.8 Å². The van der Waals surface area contributed by atoms with Crippen molar-refractivity contribution in [3.05, 3.63) is 95.8 Å². The lowest BCUT2D eigenvalue weighted by Crippen LogP contribution is -2.41. The maximum atomic E-state index is 13.4. The van der Waals surface area contributed by atoms with Gasteiger partial charge in [0.15, 0.2) is 0 Å². The highest BCUT2D eigenvalue weighted by atomic mass is 16.5. The number of aromatic nitrogens is 3. The molecule has 2 aromatic carbocycles. The molecule has 0 bridgehead atoms. The van der Waals surface area contributed by atoms with E-state index in [0.29, 0.717) is 11.1 Å². The molecule has 4 aromatic rings. The van der Waals surface area contributed by atoms with Crippen LogP contribution in [0.2, 0.25) is 0 Å². The van der Waals surface area contributed by atoms with Gasteiger partial charge in [-0.2, -0.15) is 5.10 Å². The number of esters is 1. The van der Waals surface area contributed by atoms with E-state index in [-0.39, 0.29) is 31.4 Å². The van der Waals surface area contributed by atoms with E-state index in [0.717, 1.165) is 39.9 Å². The highest BCUT2D eigenvalue weighted by Gasteiger charge is 2.19. The Balaban J connectivity index is 1.42. The molecule has 1 atom stereocenters. The third-order valence-electron chi connectivity index (χ3n) is 6.43. The number of benzene rings is 2. The highest BCUT2D eigenvalue weighted by Crippen LogP contribution is 2.29. The van der Waals surface area contributed by atoms with Gasteiger partial charge in [0, 0.05) is 48.3 Å². The van der Waals surface area contributed by atoms with Crippen LogP contribution in [0.5, 0.6) is 0 Å². The Labute approximate surface area is 242 Å². The number of carbonyl (C=O) groups is 4. The Morgan fingerprint density at radius 3 is 2.55 bits per heavy atom. The zero-order chi connectivity index (χ0) is 30.1. The van der Waals surface area contributed by atoms with Crippen LogP contribution in [-0.4, -0.2) is 45.1 Å². The van der Waals surface area contributed by atoms with Crippen molar-refractivity contribution in [2.45, 2.75) is 32.7 Å². The van der Waals surface area contributed by atoms with Crippen molar-refractivity contribution in [3.8, 4) is 11.3 Å². The summed E-state index contributed by atoms with van der Waals surface area (Å²) in [6.07, 6.45) is 5.86. The number of para-hydroxylation sites is 1. The molecule has 0 saturated heterocycles. The Kier molecular flexibility index (Phi) is 9.77. The van der Waals surface area contributed by atoms with E-state index in [1.54, 1.807) is 42.1 Å². The van der Waals surface area contributed by atoms with E-state index in [1.807, 2.05) is 50.5 Å². The topological polar surface area (TPSA) is 144 Å². The van der Waals surface area contributed by atoms with Gasteiger partial charge in [0.2, 0.25) is 5.91 Å². The number of nitrogens with one attached hydrogen (secondary N) is 3. The SMILES string of the molecule is CCOC(=O)/C=C/C(=O)NNC(=O)CCc1ccccc1C(=O)N[C@H](C)c1cc(-c2cnn(C)c2)nc2ccccc12. The number of hydrazine groups is 1. The number of carbonyl (C=O) groups excluding carboxylic acids is 4. The zero-order valence-corrected chi connectivity index (χ0v) is 23.6. The molecule has 0 aliphatic heterocycles. The molecular weight excluding hydrogens is 536 g/mol. The Morgan fingerprint density at radius 1 is 1.02 bits per heavy atom. The van der Waals surface area contributed by atoms with Crippen molar-refractivity contribution >= 4 is 34.6 Å². The average molecular weight is 569 g/mol. The molecule has 216 valence electrons. The summed E-state index contributed by atoms with van der Waals surface area (Å²) in [5, 5.41) is 8.28. The number of pyridine rings is 1. The fourth-order valence-corrected chi connectivity index (χ4v) is 4.39. The summed E-state index contributed by atoms with van der Waals surface area (Å²) in [6, 6.07) is 16.5. The van der Waals surface area contributed by atoms with Gasteiger partial charge >= 0.3 is 5.97 Å². The average Bonchev–Trinajstić information content (AvgIpc) is 3.43. The third kappa shape index (κ3) is 7.66. The predicted octanol–water partition coefficient (Wildman–Crippen LogP) is 3.33. The van der Waals surface area contributed by atoms with Crippen LogP contribution < -0.4 is 16.2 Å². The van der Waals surface area contributed by atoms with Crippen LogP contribution in [0.4, 0.5) is 0 Å². The lowest BCUT2D eigenvalue weighted by atomic mass is 9.98. The monoisotopic (exact) mass is 568 g/mol. The molecule has 42 heavy (non-hydrogen) atoms. The van der Waals surface area contributed by atoms with Crippen molar-refractivity contribution in [1.82, 2.24) is 30.9 Å². The lowest BCUT2D eigenvalue weighted by molar-refractivity contribution is -0.137. The second kappa shape index (κ2) is 13.8. The van der Waals surface area contributed by atoms with Gasteiger partial charge in [-0.25, -0.2) is 9.78 Å². The molecule has 2 heterocycles. The van der Waals surface area contributed by atoms with Gasteiger partial charge in [-0.1, -0.05) is 36.4 Å².